The average Bonchev–Trinajstić information content (AvgIpc) is 2.29. The summed E-state index contributed by atoms with van der Waals surface area (Å²) in [5, 5.41) is 4.88. The molecular weight excluding hydrogens is 269 g/mol. The predicted molar refractivity (Wildman–Crippen MR) is 76.8 cm³/mol. The number of nitrogens with one attached hydrogen (secondary N) is 1. The van der Waals surface area contributed by atoms with E-state index in [9.17, 15) is 0 Å². The Hall–Kier alpha value is -0.440. The molecule has 1 unspecified atom stereocenters. The second kappa shape index (κ2) is 6.14. The highest BCUT2D eigenvalue weighted by Crippen LogP contribution is 2.42. The van der Waals surface area contributed by atoms with Crippen LogP contribution in [0.25, 0.3) is 0 Å². The Morgan fingerprint density at radius 1 is 1.33 bits per heavy atom. The van der Waals surface area contributed by atoms with E-state index in [1.165, 1.54) is 19.3 Å². The van der Waals surface area contributed by atoms with E-state index in [4.69, 9.17) is 27.9 Å². The molecule has 1 saturated carbocycles. The van der Waals surface area contributed by atoms with Gasteiger partial charge in [0.1, 0.15) is 5.75 Å². The first-order valence-corrected chi connectivity index (χ1v) is 7.19. The van der Waals surface area contributed by atoms with E-state index < -0.39 is 0 Å². The Morgan fingerprint density at radius 3 is 2.56 bits per heavy atom. The summed E-state index contributed by atoms with van der Waals surface area (Å²) >= 11 is 12.6. The Kier molecular flexibility index (Phi) is 4.77. The molecule has 0 heterocycles. The third-order valence-corrected chi connectivity index (χ3v) is 4.27. The number of methoxy groups -OCH3 is 1. The number of benzene rings is 1. The van der Waals surface area contributed by atoms with Crippen molar-refractivity contribution in [3.8, 4) is 5.75 Å². The van der Waals surface area contributed by atoms with Crippen molar-refractivity contribution in [2.45, 2.75) is 32.2 Å². The van der Waals surface area contributed by atoms with Crippen molar-refractivity contribution in [3.05, 3.63) is 27.7 Å². The van der Waals surface area contributed by atoms with Gasteiger partial charge >= 0.3 is 0 Å². The van der Waals surface area contributed by atoms with Crippen molar-refractivity contribution in [3.63, 3.8) is 0 Å². The first kappa shape index (κ1) is 14.0. The van der Waals surface area contributed by atoms with E-state index in [-0.39, 0.29) is 0 Å². The summed E-state index contributed by atoms with van der Waals surface area (Å²) in [6, 6.07) is 4.05. The molecule has 1 N–H and O–H groups in total. The average molecular weight is 288 g/mol. The van der Waals surface area contributed by atoms with Crippen LogP contribution in [-0.4, -0.2) is 13.7 Å². The quantitative estimate of drug-likeness (QED) is 0.864. The van der Waals surface area contributed by atoms with Gasteiger partial charge in [0.25, 0.3) is 0 Å². The van der Waals surface area contributed by atoms with Crippen LogP contribution in [0.5, 0.6) is 5.75 Å². The number of halogens is 2. The maximum absolute atomic E-state index is 6.36. The van der Waals surface area contributed by atoms with E-state index in [0.717, 1.165) is 17.1 Å². The summed E-state index contributed by atoms with van der Waals surface area (Å²) in [5.74, 6) is 1.31. The molecule has 0 spiro atoms. The SMILES string of the molecule is CCNC(c1cc(Cl)c(OC)cc1Cl)C1CCC1. The lowest BCUT2D eigenvalue weighted by Crippen LogP contribution is -2.32. The van der Waals surface area contributed by atoms with E-state index >= 15 is 0 Å². The number of hydrogen-bond donors (Lipinski definition) is 1. The van der Waals surface area contributed by atoms with Crippen molar-refractivity contribution in [2.75, 3.05) is 13.7 Å². The van der Waals surface area contributed by atoms with Gasteiger partial charge in [-0.05, 0) is 36.9 Å². The van der Waals surface area contributed by atoms with Crippen molar-refractivity contribution in [1.29, 1.82) is 0 Å². The van der Waals surface area contributed by atoms with Gasteiger partial charge in [-0.25, -0.2) is 0 Å². The summed E-state index contributed by atoms with van der Waals surface area (Å²) < 4.78 is 5.18. The van der Waals surface area contributed by atoms with Gasteiger partial charge in [0.15, 0.2) is 0 Å². The van der Waals surface area contributed by atoms with Crippen LogP contribution in [0, 0.1) is 5.92 Å². The van der Waals surface area contributed by atoms with Crippen LogP contribution >= 0.6 is 23.2 Å². The molecule has 0 amide bonds. The fraction of sp³-hybridized carbons (Fsp3) is 0.571. The minimum atomic E-state index is 0.305. The smallest absolute Gasteiger partial charge is 0.138 e. The Balaban J connectivity index is 2.31. The van der Waals surface area contributed by atoms with E-state index in [0.29, 0.717) is 22.7 Å². The van der Waals surface area contributed by atoms with Crippen molar-refractivity contribution >= 4 is 23.2 Å². The molecule has 4 heteroatoms. The van der Waals surface area contributed by atoms with Crippen LogP contribution in [0.3, 0.4) is 0 Å². The van der Waals surface area contributed by atoms with Crippen LogP contribution in [0.4, 0.5) is 0 Å². The van der Waals surface area contributed by atoms with Gasteiger partial charge in [-0.15, -0.1) is 0 Å². The fourth-order valence-corrected chi connectivity index (χ4v) is 2.98. The first-order valence-electron chi connectivity index (χ1n) is 6.43. The summed E-state index contributed by atoms with van der Waals surface area (Å²) in [6.07, 6.45) is 3.84. The lowest BCUT2D eigenvalue weighted by molar-refractivity contribution is 0.233. The highest BCUT2D eigenvalue weighted by atomic mass is 35.5. The highest BCUT2D eigenvalue weighted by Gasteiger charge is 2.29. The summed E-state index contributed by atoms with van der Waals surface area (Å²) in [6.45, 7) is 3.05. The van der Waals surface area contributed by atoms with Gasteiger partial charge in [-0.1, -0.05) is 36.5 Å². The molecule has 0 radical (unpaired) electrons. The van der Waals surface area contributed by atoms with Crippen LogP contribution in [-0.2, 0) is 0 Å². The van der Waals surface area contributed by atoms with Crippen molar-refractivity contribution in [2.24, 2.45) is 5.92 Å². The molecule has 1 aromatic rings. The molecule has 1 atom stereocenters. The molecule has 18 heavy (non-hydrogen) atoms. The zero-order valence-corrected chi connectivity index (χ0v) is 12.3. The van der Waals surface area contributed by atoms with E-state index in [1.807, 2.05) is 12.1 Å². The topological polar surface area (TPSA) is 21.3 Å². The molecule has 2 rings (SSSR count). The largest absolute Gasteiger partial charge is 0.495 e. The lowest BCUT2D eigenvalue weighted by atomic mass is 9.77. The summed E-state index contributed by atoms with van der Waals surface area (Å²) in [5.41, 5.74) is 1.09. The zero-order valence-electron chi connectivity index (χ0n) is 10.8. The molecule has 100 valence electrons. The van der Waals surface area contributed by atoms with Crippen LogP contribution < -0.4 is 10.1 Å². The standard InChI is InChI=1S/C14H19Cl2NO/c1-3-17-14(9-5-4-6-9)10-7-12(16)13(18-2)8-11(10)15/h7-9,14,17H,3-6H2,1-2H3. The van der Waals surface area contributed by atoms with E-state index in [1.54, 1.807) is 7.11 Å². The summed E-state index contributed by atoms with van der Waals surface area (Å²) in [7, 11) is 1.60. The maximum atomic E-state index is 6.36. The molecule has 0 bridgehead atoms. The number of ether oxygens (including phenoxy) is 1. The monoisotopic (exact) mass is 287 g/mol. The van der Waals surface area contributed by atoms with Gasteiger partial charge in [0.2, 0.25) is 0 Å². The molecule has 1 aromatic carbocycles. The molecule has 1 fully saturated rings. The van der Waals surface area contributed by atoms with Crippen LogP contribution in [0.2, 0.25) is 10.0 Å². The fourth-order valence-electron chi connectivity index (χ4n) is 2.46. The minimum Gasteiger partial charge on any atom is -0.495 e. The molecule has 0 saturated heterocycles. The van der Waals surface area contributed by atoms with Crippen molar-refractivity contribution < 1.29 is 4.74 Å². The van der Waals surface area contributed by atoms with Gasteiger partial charge in [0.05, 0.1) is 12.1 Å². The second-order valence-electron chi connectivity index (χ2n) is 4.73. The maximum Gasteiger partial charge on any atom is 0.138 e. The third kappa shape index (κ3) is 2.76. The molecule has 0 aromatic heterocycles. The Morgan fingerprint density at radius 2 is 2.06 bits per heavy atom. The molecule has 1 aliphatic rings. The summed E-state index contributed by atoms with van der Waals surface area (Å²) in [4.78, 5) is 0. The second-order valence-corrected chi connectivity index (χ2v) is 5.55. The molecule has 1 aliphatic carbocycles. The Bertz CT molecular complexity index is 419. The predicted octanol–water partition coefficient (Wildman–Crippen LogP) is 4.45. The normalized spacial score (nSPS) is 17.3. The van der Waals surface area contributed by atoms with Gasteiger partial charge in [-0.2, -0.15) is 0 Å². The molecule has 2 nitrogen and oxygen atoms in total. The van der Waals surface area contributed by atoms with Crippen LogP contribution in [0.1, 0.15) is 37.8 Å². The highest BCUT2D eigenvalue weighted by molar-refractivity contribution is 6.34. The third-order valence-electron chi connectivity index (χ3n) is 3.65. The van der Waals surface area contributed by atoms with Gasteiger partial charge in [0, 0.05) is 17.1 Å². The van der Waals surface area contributed by atoms with Gasteiger partial charge in [-0.3, -0.25) is 0 Å². The van der Waals surface area contributed by atoms with Crippen LogP contribution in [0.15, 0.2) is 12.1 Å². The Labute approximate surface area is 119 Å². The lowest BCUT2D eigenvalue weighted by Gasteiger charge is -2.35. The zero-order chi connectivity index (χ0) is 13.1. The molecular formula is C14H19Cl2NO. The van der Waals surface area contributed by atoms with E-state index in [2.05, 4.69) is 12.2 Å². The number of rotatable bonds is 5. The molecule has 0 aliphatic heterocycles. The van der Waals surface area contributed by atoms with Crippen molar-refractivity contribution in [1.82, 2.24) is 5.32 Å². The minimum absolute atomic E-state index is 0.305. The first-order chi connectivity index (χ1) is 8.67. The number of hydrogen-bond acceptors (Lipinski definition) is 2. The van der Waals surface area contributed by atoms with Gasteiger partial charge < -0.3 is 10.1 Å².